The van der Waals surface area contributed by atoms with Crippen molar-refractivity contribution in [3.63, 3.8) is 0 Å². The number of hydrogen-bond acceptors (Lipinski definition) is 3. The average molecular weight is 278 g/mol. The van der Waals surface area contributed by atoms with Crippen LogP contribution in [0.2, 0.25) is 0 Å². The Hall–Kier alpha value is -1.42. The molecule has 0 atom stereocenters. The average Bonchev–Trinajstić information content (AvgIpc) is 2.76. The number of halogens is 1. The minimum Gasteiger partial charge on any atom is -0.376 e. The third kappa shape index (κ3) is 3.53. The number of rotatable bonds is 3. The highest BCUT2D eigenvalue weighted by molar-refractivity contribution is 7.09. The maximum atomic E-state index is 13.7. The topological polar surface area (TPSA) is 24.9 Å². The van der Waals surface area contributed by atoms with Crippen molar-refractivity contribution in [1.82, 2.24) is 4.98 Å². The van der Waals surface area contributed by atoms with Crippen LogP contribution in [-0.2, 0) is 12.0 Å². The van der Waals surface area contributed by atoms with Gasteiger partial charge in [-0.25, -0.2) is 9.37 Å². The monoisotopic (exact) mass is 278 g/mol. The van der Waals surface area contributed by atoms with Crippen molar-refractivity contribution < 1.29 is 4.39 Å². The van der Waals surface area contributed by atoms with E-state index in [9.17, 15) is 4.39 Å². The number of aromatic nitrogens is 1. The molecule has 1 aromatic carbocycles. The minimum atomic E-state index is -0.215. The number of benzene rings is 1. The second-order valence-corrected chi connectivity index (χ2v) is 6.66. The summed E-state index contributed by atoms with van der Waals surface area (Å²) in [5.74, 6) is -0.215. The van der Waals surface area contributed by atoms with Crippen LogP contribution in [0.4, 0.5) is 10.1 Å². The largest absolute Gasteiger partial charge is 0.376 e. The molecule has 2 aromatic rings. The van der Waals surface area contributed by atoms with Gasteiger partial charge in [-0.05, 0) is 24.6 Å². The fourth-order valence-corrected chi connectivity index (χ4v) is 2.63. The first-order valence-corrected chi connectivity index (χ1v) is 7.19. The molecule has 1 N–H and O–H groups in total. The van der Waals surface area contributed by atoms with Gasteiger partial charge in [-0.3, -0.25) is 0 Å². The lowest BCUT2D eigenvalue weighted by Gasteiger charge is -2.14. The highest BCUT2D eigenvalue weighted by atomic mass is 32.1. The van der Waals surface area contributed by atoms with Crippen molar-refractivity contribution in [2.24, 2.45) is 0 Å². The molecule has 1 aromatic heterocycles. The Morgan fingerprint density at radius 2 is 2.05 bits per heavy atom. The smallest absolute Gasteiger partial charge is 0.146 e. The quantitative estimate of drug-likeness (QED) is 0.894. The number of thiazole rings is 1. The molecule has 0 amide bonds. The van der Waals surface area contributed by atoms with Gasteiger partial charge in [0.05, 0.1) is 17.9 Å². The van der Waals surface area contributed by atoms with Crippen molar-refractivity contribution in [3.05, 3.63) is 45.7 Å². The van der Waals surface area contributed by atoms with Crippen molar-refractivity contribution >= 4 is 17.0 Å². The number of anilines is 1. The van der Waals surface area contributed by atoms with E-state index < -0.39 is 0 Å². The molecule has 102 valence electrons. The first kappa shape index (κ1) is 14.0. The predicted octanol–water partition coefficient (Wildman–Crippen LogP) is 4.50. The van der Waals surface area contributed by atoms with E-state index in [1.165, 1.54) is 6.07 Å². The van der Waals surface area contributed by atoms with Crippen LogP contribution in [0.15, 0.2) is 23.6 Å². The molecule has 0 radical (unpaired) electrons. The number of nitrogens with zero attached hydrogens (tertiary/aromatic N) is 1. The summed E-state index contributed by atoms with van der Waals surface area (Å²) in [7, 11) is 0. The summed E-state index contributed by atoms with van der Waals surface area (Å²) in [5, 5.41) is 6.14. The number of aryl methyl sites for hydroxylation is 1. The summed E-state index contributed by atoms with van der Waals surface area (Å²) in [6.45, 7) is 8.85. The molecule has 0 aliphatic carbocycles. The zero-order chi connectivity index (χ0) is 14.0. The van der Waals surface area contributed by atoms with E-state index in [0.29, 0.717) is 12.2 Å². The maximum Gasteiger partial charge on any atom is 0.146 e. The normalized spacial score (nSPS) is 11.6. The van der Waals surface area contributed by atoms with Crippen LogP contribution in [-0.4, -0.2) is 4.98 Å². The van der Waals surface area contributed by atoms with Crippen LogP contribution >= 0.6 is 11.3 Å². The summed E-state index contributed by atoms with van der Waals surface area (Å²) in [6, 6.07) is 5.20. The number of nitrogens with one attached hydrogen (secondary N) is 1. The van der Waals surface area contributed by atoms with Crippen molar-refractivity contribution in [2.45, 2.75) is 39.7 Å². The van der Waals surface area contributed by atoms with Crippen molar-refractivity contribution in [1.29, 1.82) is 0 Å². The summed E-state index contributed by atoms with van der Waals surface area (Å²) in [5.41, 5.74) is 2.59. The SMILES string of the molecule is Cc1ccc(NCc2nc(C(C)(C)C)cs2)c(F)c1. The molecule has 0 spiro atoms. The van der Waals surface area contributed by atoms with E-state index in [-0.39, 0.29) is 11.2 Å². The van der Waals surface area contributed by atoms with E-state index >= 15 is 0 Å². The molecule has 19 heavy (non-hydrogen) atoms. The summed E-state index contributed by atoms with van der Waals surface area (Å²) < 4.78 is 13.7. The minimum absolute atomic E-state index is 0.0594. The third-order valence-corrected chi connectivity index (χ3v) is 3.72. The Morgan fingerprint density at radius 1 is 1.32 bits per heavy atom. The Balaban J connectivity index is 2.04. The summed E-state index contributed by atoms with van der Waals surface area (Å²) in [6.07, 6.45) is 0. The molecule has 4 heteroatoms. The Kier molecular flexibility index (Phi) is 3.90. The van der Waals surface area contributed by atoms with E-state index in [4.69, 9.17) is 0 Å². The van der Waals surface area contributed by atoms with Gasteiger partial charge in [0.15, 0.2) is 0 Å². The van der Waals surface area contributed by atoms with Crippen LogP contribution in [0.25, 0.3) is 0 Å². The van der Waals surface area contributed by atoms with Gasteiger partial charge >= 0.3 is 0 Å². The molecule has 0 unspecified atom stereocenters. The van der Waals surface area contributed by atoms with Crippen LogP contribution in [0, 0.1) is 12.7 Å². The van der Waals surface area contributed by atoms with Gasteiger partial charge < -0.3 is 5.32 Å². The van der Waals surface area contributed by atoms with Gasteiger partial charge in [-0.15, -0.1) is 11.3 Å². The van der Waals surface area contributed by atoms with Crippen molar-refractivity contribution in [3.8, 4) is 0 Å². The highest BCUT2D eigenvalue weighted by Crippen LogP contribution is 2.24. The van der Waals surface area contributed by atoms with Crippen molar-refractivity contribution in [2.75, 3.05) is 5.32 Å². The number of hydrogen-bond donors (Lipinski definition) is 1. The molecular weight excluding hydrogens is 259 g/mol. The molecule has 0 saturated carbocycles. The molecule has 2 rings (SSSR count). The van der Waals surface area contributed by atoms with E-state index in [1.54, 1.807) is 17.4 Å². The molecule has 0 aliphatic heterocycles. The summed E-state index contributed by atoms with van der Waals surface area (Å²) >= 11 is 1.61. The summed E-state index contributed by atoms with van der Waals surface area (Å²) in [4.78, 5) is 4.58. The third-order valence-electron chi connectivity index (χ3n) is 2.87. The molecule has 0 saturated heterocycles. The van der Waals surface area contributed by atoms with Gasteiger partial charge in [0.2, 0.25) is 0 Å². The van der Waals surface area contributed by atoms with Crippen LogP contribution in [0.1, 0.15) is 37.0 Å². The van der Waals surface area contributed by atoms with Crippen LogP contribution in [0.3, 0.4) is 0 Å². The molecular formula is C15H19FN2S. The lowest BCUT2D eigenvalue weighted by molar-refractivity contribution is 0.571. The fourth-order valence-electron chi connectivity index (χ4n) is 1.67. The predicted molar refractivity (Wildman–Crippen MR) is 79.3 cm³/mol. The van der Waals surface area contributed by atoms with Gasteiger partial charge in [0.25, 0.3) is 0 Å². The standard InChI is InChI=1S/C15H19FN2S/c1-10-5-6-12(11(16)7-10)17-8-14-18-13(9-19-14)15(2,3)4/h5-7,9,17H,8H2,1-4H3. The van der Waals surface area contributed by atoms with Crippen LogP contribution in [0.5, 0.6) is 0 Å². The lowest BCUT2D eigenvalue weighted by Crippen LogP contribution is -2.12. The fraction of sp³-hybridized carbons (Fsp3) is 0.400. The highest BCUT2D eigenvalue weighted by Gasteiger charge is 2.17. The molecule has 1 heterocycles. The second-order valence-electron chi connectivity index (χ2n) is 5.71. The van der Waals surface area contributed by atoms with Gasteiger partial charge in [-0.1, -0.05) is 26.8 Å². The Bertz CT molecular complexity index is 570. The van der Waals surface area contributed by atoms with Gasteiger partial charge in [0.1, 0.15) is 10.8 Å². The zero-order valence-electron chi connectivity index (χ0n) is 11.7. The van der Waals surface area contributed by atoms with E-state index in [1.807, 2.05) is 13.0 Å². The van der Waals surface area contributed by atoms with Crippen LogP contribution < -0.4 is 5.32 Å². The lowest BCUT2D eigenvalue weighted by atomic mass is 9.93. The maximum absolute atomic E-state index is 13.7. The molecule has 0 fully saturated rings. The molecule has 0 aliphatic rings. The first-order chi connectivity index (χ1) is 8.86. The first-order valence-electron chi connectivity index (χ1n) is 6.31. The Morgan fingerprint density at radius 3 is 2.63 bits per heavy atom. The zero-order valence-corrected chi connectivity index (χ0v) is 12.6. The molecule has 0 bridgehead atoms. The van der Waals surface area contributed by atoms with E-state index in [2.05, 4.69) is 36.5 Å². The second kappa shape index (κ2) is 5.29. The van der Waals surface area contributed by atoms with Gasteiger partial charge in [-0.2, -0.15) is 0 Å². The van der Waals surface area contributed by atoms with Gasteiger partial charge in [0, 0.05) is 10.8 Å². The Labute approximate surface area is 117 Å². The molecule has 2 nitrogen and oxygen atoms in total. The van der Waals surface area contributed by atoms with E-state index in [0.717, 1.165) is 16.3 Å².